The molecule has 0 heterocycles. The second kappa shape index (κ2) is 42.9. The molecule has 12 heteroatoms. The Bertz CT molecular complexity index is 1060. The van der Waals surface area contributed by atoms with Gasteiger partial charge in [-0.25, -0.2) is 9.36 Å². The highest BCUT2D eigenvalue weighted by atomic mass is 31.2. The van der Waals surface area contributed by atoms with Crippen LogP contribution in [0.3, 0.4) is 0 Å². The summed E-state index contributed by atoms with van der Waals surface area (Å²) >= 11 is 0. The molecule has 0 aliphatic heterocycles. The summed E-state index contributed by atoms with van der Waals surface area (Å²) in [4.78, 5) is 46.0. The quantitative estimate of drug-likeness (QED) is 0.0200. The molecule has 0 saturated carbocycles. The largest absolute Gasteiger partial charge is 0.480 e. The standard InChI is InChI=1S/C47H90NO10P/c1-3-5-7-9-11-13-15-17-18-19-20-21-22-23-24-25-27-28-30-32-34-36-38-45(50)48-44(47(52)53)42-58-59(54,55)57-41-43(49)40-56-46(51)39-37-35-33-31-29-26-16-14-12-10-8-6-4-2/h14,16,43-44,49H,3-13,15,17-42H2,1-2H3,(H,48,50)(H,52,53)(H,54,55)/b16-14-. The van der Waals surface area contributed by atoms with Crippen molar-refractivity contribution in [2.24, 2.45) is 0 Å². The molecule has 0 bridgehead atoms. The van der Waals surface area contributed by atoms with E-state index in [1.54, 1.807) is 0 Å². The Balaban J connectivity index is 3.81. The monoisotopic (exact) mass is 860 g/mol. The van der Waals surface area contributed by atoms with Crippen molar-refractivity contribution in [3.8, 4) is 0 Å². The maximum atomic E-state index is 12.4. The summed E-state index contributed by atoms with van der Waals surface area (Å²) in [6, 6.07) is -1.54. The van der Waals surface area contributed by atoms with Crippen LogP contribution < -0.4 is 5.32 Å². The number of carbonyl (C=O) groups excluding carboxylic acids is 2. The second-order valence-electron chi connectivity index (χ2n) is 16.7. The number of phosphoric acid groups is 1. The van der Waals surface area contributed by atoms with Gasteiger partial charge in [-0.3, -0.25) is 18.6 Å². The summed E-state index contributed by atoms with van der Waals surface area (Å²) in [5.74, 6) is -2.37. The van der Waals surface area contributed by atoms with E-state index < -0.39 is 57.6 Å². The molecule has 348 valence electrons. The Kier molecular flexibility index (Phi) is 41.6. The zero-order chi connectivity index (χ0) is 43.5. The highest BCUT2D eigenvalue weighted by molar-refractivity contribution is 7.47. The molecule has 0 aromatic carbocycles. The Morgan fingerprint density at radius 3 is 1.31 bits per heavy atom. The normalized spacial score (nSPS) is 13.7. The number of aliphatic hydroxyl groups excluding tert-OH is 1. The first-order valence-corrected chi connectivity index (χ1v) is 25.7. The molecular weight excluding hydrogens is 769 g/mol. The molecule has 4 N–H and O–H groups in total. The van der Waals surface area contributed by atoms with E-state index >= 15 is 0 Å². The number of esters is 1. The van der Waals surface area contributed by atoms with Crippen LogP contribution in [0.5, 0.6) is 0 Å². The number of amides is 1. The molecule has 0 aliphatic carbocycles. The Morgan fingerprint density at radius 2 is 0.881 bits per heavy atom. The van der Waals surface area contributed by atoms with E-state index in [-0.39, 0.29) is 12.8 Å². The fourth-order valence-corrected chi connectivity index (χ4v) is 7.79. The summed E-state index contributed by atoms with van der Waals surface area (Å²) in [6.07, 6.45) is 43.8. The molecule has 3 atom stereocenters. The molecule has 0 aliphatic rings. The minimum Gasteiger partial charge on any atom is -0.480 e. The molecule has 11 nitrogen and oxygen atoms in total. The van der Waals surface area contributed by atoms with E-state index in [2.05, 4.69) is 31.3 Å². The van der Waals surface area contributed by atoms with Gasteiger partial charge < -0.3 is 25.2 Å². The third-order valence-corrected chi connectivity index (χ3v) is 11.8. The Morgan fingerprint density at radius 1 is 0.525 bits per heavy atom. The van der Waals surface area contributed by atoms with Crippen LogP contribution in [-0.4, -0.2) is 64.9 Å². The van der Waals surface area contributed by atoms with Crippen LogP contribution in [0.4, 0.5) is 0 Å². The summed E-state index contributed by atoms with van der Waals surface area (Å²) in [6.45, 7) is 2.60. The van der Waals surface area contributed by atoms with E-state index in [1.807, 2.05) is 0 Å². The van der Waals surface area contributed by atoms with Crippen molar-refractivity contribution in [2.75, 3.05) is 19.8 Å². The van der Waals surface area contributed by atoms with Gasteiger partial charge in [0.1, 0.15) is 12.7 Å². The minimum atomic E-state index is -4.75. The SMILES string of the molecule is CCCCCC/C=C\CCCCCCCC(=O)OCC(O)COP(=O)(O)OCC(NC(=O)CCCCCCCCCCCCCCCCCCCCCCCC)C(=O)O. The summed E-state index contributed by atoms with van der Waals surface area (Å²) in [7, 11) is -4.75. The number of rotatable bonds is 46. The van der Waals surface area contributed by atoms with Crippen molar-refractivity contribution in [2.45, 2.75) is 251 Å². The maximum Gasteiger partial charge on any atom is 0.472 e. The zero-order valence-corrected chi connectivity index (χ0v) is 38.7. The van der Waals surface area contributed by atoms with Gasteiger partial charge in [-0.05, 0) is 38.5 Å². The lowest BCUT2D eigenvalue weighted by Gasteiger charge is -2.18. The number of carbonyl (C=O) groups is 3. The van der Waals surface area contributed by atoms with Crippen molar-refractivity contribution in [1.29, 1.82) is 0 Å². The van der Waals surface area contributed by atoms with Gasteiger partial charge in [0, 0.05) is 12.8 Å². The maximum absolute atomic E-state index is 12.4. The van der Waals surface area contributed by atoms with Crippen molar-refractivity contribution in [3.63, 3.8) is 0 Å². The molecule has 0 rings (SSSR count). The molecule has 0 aromatic heterocycles. The van der Waals surface area contributed by atoms with E-state index in [9.17, 15) is 34.1 Å². The smallest absolute Gasteiger partial charge is 0.472 e. The fourth-order valence-electron chi connectivity index (χ4n) is 7.02. The Labute approximate surface area is 360 Å². The van der Waals surface area contributed by atoms with Crippen molar-refractivity contribution in [3.05, 3.63) is 12.2 Å². The van der Waals surface area contributed by atoms with Crippen LogP contribution in [0.1, 0.15) is 239 Å². The number of unbranched alkanes of at least 4 members (excludes halogenated alkanes) is 30. The molecule has 0 aromatic rings. The van der Waals surface area contributed by atoms with Gasteiger partial charge in [0.15, 0.2) is 6.04 Å². The third-order valence-electron chi connectivity index (χ3n) is 10.8. The summed E-state index contributed by atoms with van der Waals surface area (Å²) in [5.41, 5.74) is 0. The number of hydrogen-bond donors (Lipinski definition) is 4. The molecule has 0 spiro atoms. The number of aliphatic carboxylic acids is 1. The predicted molar refractivity (Wildman–Crippen MR) is 240 cm³/mol. The summed E-state index contributed by atoms with van der Waals surface area (Å²) < 4.78 is 26.9. The first-order valence-electron chi connectivity index (χ1n) is 24.2. The van der Waals surface area contributed by atoms with Crippen molar-refractivity contribution >= 4 is 25.7 Å². The molecule has 1 amide bonds. The lowest BCUT2D eigenvalue weighted by molar-refractivity contribution is -0.147. The van der Waals surface area contributed by atoms with Gasteiger partial charge in [0.2, 0.25) is 5.91 Å². The molecule has 3 unspecified atom stereocenters. The highest BCUT2D eigenvalue weighted by Crippen LogP contribution is 2.43. The average Bonchev–Trinajstić information content (AvgIpc) is 3.21. The molecule has 0 fully saturated rings. The fraction of sp³-hybridized carbons (Fsp3) is 0.894. The number of phosphoric ester groups is 1. The molecular formula is C47H90NO10P. The predicted octanol–water partition coefficient (Wildman–Crippen LogP) is 12.8. The van der Waals surface area contributed by atoms with Gasteiger partial charge >= 0.3 is 19.8 Å². The van der Waals surface area contributed by atoms with Gasteiger partial charge in [-0.2, -0.15) is 0 Å². The first-order chi connectivity index (χ1) is 28.6. The van der Waals surface area contributed by atoms with Crippen molar-refractivity contribution < 1.29 is 47.8 Å². The number of carboxylic acids is 1. The van der Waals surface area contributed by atoms with Gasteiger partial charge in [0.25, 0.3) is 0 Å². The van der Waals surface area contributed by atoms with Gasteiger partial charge in [-0.15, -0.1) is 0 Å². The Hall–Kier alpha value is -1.78. The number of allylic oxidation sites excluding steroid dienone is 2. The van der Waals surface area contributed by atoms with E-state index in [4.69, 9.17) is 13.8 Å². The second-order valence-corrected chi connectivity index (χ2v) is 18.1. The lowest BCUT2D eigenvalue weighted by Crippen LogP contribution is -2.43. The summed E-state index contributed by atoms with van der Waals surface area (Å²) in [5, 5.41) is 21.9. The molecule has 0 radical (unpaired) electrons. The minimum absolute atomic E-state index is 0.151. The van der Waals surface area contributed by atoms with Crippen LogP contribution in [0.2, 0.25) is 0 Å². The van der Waals surface area contributed by atoms with E-state index in [1.165, 1.54) is 141 Å². The van der Waals surface area contributed by atoms with E-state index in [0.717, 1.165) is 57.8 Å². The molecule has 0 saturated heterocycles. The number of aliphatic hydroxyl groups is 1. The number of carboxylic acid groups (broad SMARTS) is 1. The van der Waals surface area contributed by atoms with E-state index in [0.29, 0.717) is 12.8 Å². The van der Waals surface area contributed by atoms with Crippen LogP contribution >= 0.6 is 7.82 Å². The van der Waals surface area contributed by atoms with Crippen LogP contribution in [0.25, 0.3) is 0 Å². The number of nitrogens with one attached hydrogen (secondary N) is 1. The van der Waals surface area contributed by atoms with Crippen LogP contribution in [0.15, 0.2) is 12.2 Å². The first kappa shape index (κ1) is 57.2. The number of ether oxygens (including phenoxy) is 1. The third kappa shape index (κ3) is 42.7. The van der Waals surface area contributed by atoms with Gasteiger partial charge in [0.05, 0.1) is 13.2 Å². The average molecular weight is 860 g/mol. The number of hydrogen-bond acceptors (Lipinski definition) is 8. The molecule has 59 heavy (non-hydrogen) atoms. The highest BCUT2D eigenvalue weighted by Gasteiger charge is 2.28. The van der Waals surface area contributed by atoms with Crippen molar-refractivity contribution in [1.82, 2.24) is 5.32 Å². The zero-order valence-electron chi connectivity index (χ0n) is 37.8. The topological polar surface area (TPSA) is 169 Å². The van der Waals surface area contributed by atoms with Crippen LogP contribution in [-0.2, 0) is 32.7 Å². The van der Waals surface area contributed by atoms with Gasteiger partial charge in [-0.1, -0.05) is 199 Å². The lowest BCUT2D eigenvalue weighted by atomic mass is 10.0. The van der Waals surface area contributed by atoms with Crippen LogP contribution in [0, 0.1) is 0 Å².